The minimum Gasteiger partial charge on any atom is -0.462 e. The van der Waals surface area contributed by atoms with Crippen LogP contribution >= 0.6 is 23.1 Å². The third-order valence-corrected chi connectivity index (χ3v) is 6.22. The molecule has 0 fully saturated rings. The minimum atomic E-state index is -0.571. The van der Waals surface area contributed by atoms with Gasteiger partial charge in [0.1, 0.15) is 5.00 Å². The number of amides is 2. The van der Waals surface area contributed by atoms with E-state index in [0.29, 0.717) is 20.6 Å². The first kappa shape index (κ1) is 20.9. The number of anilines is 1. The topological polar surface area (TPSA) is 102 Å². The second-order valence-electron chi connectivity index (χ2n) is 5.93. The predicted molar refractivity (Wildman–Crippen MR) is 113 cm³/mol. The monoisotopic (exact) mass is 432 g/mol. The number of fused-ring (bicyclic) bond motifs is 1. The van der Waals surface area contributed by atoms with Crippen molar-refractivity contribution in [1.82, 2.24) is 14.7 Å². The number of thiophene rings is 1. The Morgan fingerprint density at radius 3 is 2.83 bits per heavy atom. The van der Waals surface area contributed by atoms with Crippen LogP contribution in [0.25, 0.3) is 5.52 Å². The van der Waals surface area contributed by atoms with E-state index in [0.717, 1.165) is 16.9 Å². The van der Waals surface area contributed by atoms with Crippen molar-refractivity contribution >= 4 is 51.4 Å². The Hall–Kier alpha value is -2.85. The van der Waals surface area contributed by atoms with Crippen molar-refractivity contribution < 1.29 is 19.1 Å². The first-order valence-electron chi connectivity index (χ1n) is 8.83. The van der Waals surface area contributed by atoms with Crippen molar-refractivity contribution in [3.8, 4) is 0 Å². The molecule has 0 saturated heterocycles. The van der Waals surface area contributed by atoms with Gasteiger partial charge in [0.2, 0.25) is 5.91 Å². The highest BCUT2D eigenvalue weighted by atomic mass is 32.2. The fourth-order valence-electron chi connectivity index (χ4n) is 2.70. The SMILES string of the molecule is CCOC(=O)c1c(NC(=O)CSc2ncc3ccccn23)sc(C(=O)NC)c1C. The van der Waals surface area contributed by atoms with Gasteiger partial charge in [-0.3, -0.25) is 14.0 Å². The van der Waals surface area contributed by atoms with Crippen LogP contribution in [0.4, 0.5) is 5.00 Å². The zero-order valence-electron chi connectivity index (χ0n) is 16.1. The van der Waals surface area contributed by atoms with Gasteiger partial charge in [0.15, 0.2) is 5.16 Å². The Morgan fingerprint density at radius 2 is 2.10 bits per heavy atom. The van der Waals surface area contributed by atoms with Crippen LogP contribution in [0.5, 0.6) is 0 Å². The van der Waals surface area contributed by atoms with Crippen LogP contribution in [0.2, 0.25) is 0 Å². The molecule has 152 valence electrons. The van der Waals surface area contributed by atoms with Gasteiger partial charge in [0.25, 0.3) is 5.91 Å². The van der Waals surface area contributed by atoms with Gasteiger partial charge in [-0.1, -0.05) is 17.8 Å². The van der Waals surface area contributed by atoms with Gasteiger partial charge >= 0.3 is 5.97 Å². The molecule has 0 aliphatic carbocycles. The lowest BCUT2D eigenvalue weighted by atomic mass is 10.1. The number of ether oxygens (including phenoxy) is 1. The first-order valence-corrected chi connectivity index (χ1v) is 10.6. The van der Waals surface area contributed by atoms with E-state index in [2.05, 4.69) is 15.6 Å². The van der Waals surface area contributed by atoms with E-state index in [1.165, 1.54) is 18.8 Å². The Kier molecular flexibility index (Phi) is 6.55. The average molecular weight is 433 g/mol. The van der Waals surface area contributed by atoms with Crippen LogP contribution in [0.15, 0.2) is 35.7 Å². The van der Waals surface area contributed by atoms with Gasteiger partial charge in [-0.25, -0.2) is 9.78 Å². The number of aromatic nitrogens is 2. The number of hydrogen-bond acceptors (Lipinski definition) is 7. The third kappa shape index (κ3) is 4.43. The lowest BCUT2D eigenvalue weighted by molar-refractivity contribution is -0.113. The van der Waals surface area contributed by atoms with E-state index >= 15 is 0 Å². The molecule has 3 aromatic rings. The van der Waals surface area contributed by atoms with Crippen molar-refractivity contribution in [2.75, 3.05) is 24.7 Å². The molecule has 3 heterocycles. The number of carbonyl (C=O) groups excluding carboxylic acids is 3. The Balaban J connectivity index is 1.78. The summed E-state index contributed by atoms with van der Waals surface area (Å²) < 4.78 is 6.98. The highest BCUT2D eigenvalue weighted by Crippen LogP contribution is 2.34. The largest absolute Gasteiger partial charge is 0.462 e. The summed E-state index contributed by atoms with van der Waals surface area (Å²) in [5.41, 5.74) is 1.62. The summed E-state index contributed by atoms with van der Waals surface area (Å²) in [5.74, 6) is -1.10. The Bertz CT molecular complexity index is 1070. The number of nitrogens with zero attached hydrogens (tertiary/aromatic N) is 2. The molecule has 2 N–H and O–H groups in total. The molecule has 8 nitrogen and oxygen atoms in total. The Labute approximate surface area is 175 Å². The summed E-state index contributed by atoms with van der Waals surface area (Å²) in [4.78, 5) is 41.7. The number of nitrogens with one attached hydrogen (secondary N) is 2. The molecule has 0 aliphatic heterocycles. The van der Waals surface area contributed by atoms with Crippen molar-refractivity contribution in [3.05, 3.63) is 46.6 Å². The molecule has 0 bridgehead atoms. The predicted octanol–water partition coefficient (Wildman–Crippen LogP) is 2.97. The van der Waals surface area contributed by atoms with Crippen LogP contribution in [0.1, 0.15) is 32.5 Å². The van der Waals surface area contributed by atoms with E-state index in [4.69, 9.17) is 4.74 Å². The molecule has 3 aromatic heterocycles. The fraction of sp³-hybridized carbons (Fsp3) is 0.263. The molecule has 0 radical (unpaired) electrons. The van der Waals surface area contributed by atoms with Crippen LogP contribution in [0.3, 0.4) is 0 Å². The zero-order chi connectivity index (χ0) is 21.0. The highest BCUT2D eigenvalue weighted by Gasteiger charge is 2.26. The second-order valence-corrected chi connectivity index (χ2v) is 7.90. The van der Waals surface area contributed by atoms with E-state index in [1.54, 1.807) is 20.0 Å². The van der Waals surface area contributed by atoms with Crippen LogP contribution in [-0.2, 0) is 9.53 Å². The molecule has 0 saturated carbocycles. The maximum Gasteiger partial charge on any atom is 0.341 e. The second kappa shape index (κ2) is 9.10. The van der Waals surface area contributed by atoms with Gasteiger partial charge in [0, 0.05) is 13.2 Å². The van der Waals surface area contributed by atoms with Crippen molar-refractivity contribution in [3.63, 3.8) is 0 Å². The molecular formula is C19H20N4O4S2. The molecule has 0 aromatic carbocycles. The maximum atomic E-state index is 12.5. The van der Waals surface area contributed by atoms with Gasteiger partial charge in [-0.05, 0) is 31.5 Å². The minimum absolute atomic E-state index is 0.0997. The lowest BCUT2D eigenvalue weighted by Crippen LogP contribution is -2.18. The molecular weight excluding hydrogens is 412 g/mol. The lowest BCUT2D eigenvalue weighted by Gasteiger charge is -2.07. The van der Waals surface area contributed by atoms with Crippen molar-refractivity contribution in [2.45, 2.75) is 19.0 Å². The zero-order valence-corrected chi connectivity index (χ0v) is 17.8. The molecule has 0 atom stereocenters. The van der Waals surface area contributed by atoms with E-state index in [-0.39, 0.29) is 29.7 Å². The number of carbonyl (C=O) groups is 3. The van der Waals surface area contributed by atoms with Crippen molar-refractivity contribution in [2.24, 2.45) is 0 Å². The number of pyridine rings is 1. The van der Waals surface area contributed by atoms with Gasteiger partial charge in [-0.2, -0.15) is 0 Å². The Morgan fingerprint density at radius 1 is 1.31 bits per heavy atom. The number of thioether (sulfide) groups is 1. The smallest absolute Gasteiger partial charge is 0.341 e. The summed E-state index contributed by atoms with van der Waals surface area (Å²) >= 11 is 2.33. The van der Waals surface area contributed by atoms with Crippen molar-refractivity contribution in [1.29, 1.82) is 0 Å². The molecule has 29 heavy (non-hydrogen) atoms. The standard InChI is InChI=1S/C19H20N4O4S2/c1-4-27-18(26)14-11(2)15(16(25)20-3)29-17(14)22-13(24)10-28-19-21-9-12-7-5-6-8-23(12)19/h5-9H,4,10H2,1-3H3,(H,20,25)(H,22,24). The number of imidazole rings is 1. The maximum absolute atomic E-state index is 12.5. The van der Waals surface area contributed by atoms with Gasteiger partial charge < -0.3 is 15.4 Å². The first-order chi connectivity index (χ1) is 14.0. The quantitative estimate of drug-likeness (QED) is 0.440. The fourth-order valence-corrected chi connectivity index (χ4v) is 4.62. The summed E-state index contributed by atoms with van der Waals surface area (Å²) in [6.45, 7) is 3.55. The summed E-state index contributed by atoms with van der Waals surface area (Å²) in [7, 11) is 1.51. The van der Waals surface area contributed by atoms with Crippen LogP contribution < -0.4 is 10.6 Å². The molecule has 0 spiro atoms. The molecule has 10 heteroatoms. The summed E-state index contributed by atoms with van der Waals surface area (Å²) in [6.07, 6.45) is 3.61. The highest BCUT2D eigenvalue weighted by molar-refractivity contribution is 7.99. The molecule has 3 rings (SSSR count). The normalized spacial score (nSPS) is 10.7. The van der Waals surface area contributed by atoms with Gasteiger partial charge in [0.05, 0.1) is 34.5 Å². The summed E-state index contributed by atoms with van der Waals surface area (Å²) in [5, 5.41) is 6.27. The average Bonchev–Trinajstić information content (AvgIpc) is 3.27. The van der Waals surface area contributed by atoms with E-state index < -0.39 is 5.97 Å². The van der Waals surface area contributed by atoms with Crippen LogP contribution in [0, 0.1) is 6.92 Å². The van der Waals surface area contributed by atoms with E-state index in [9.17, 15) is 14.4 Å². The number of rotatable bonds is 7. The summed E-state index contributed by atoms with van der Waals surface area (Å²) in [6, 6.07) is 5.73. The van der Waals surface area contributed by atoms with Gasteiger partial charge in [-0.15, -0.1) is 11.3 Å². The molecule has 0 aliphatic rings. The number of hydrogen-bond donors (Lipinski definition) is 2. The third-order valence-electron chi connectivity index (χ3n) is 4.05. The molecule has 2 amide bonds. The number of esters is 1. The van der Waals surface area contributed by atoms with E-state index in [1.807, 2.05) is 28.8 Å². The van der Waals surface area contributed by atoms with Crippen LogP contribution in [-0.4, -0.2) is 46.6 Å². The molecule has 0 unspecified atom stereocenters.